The summed E-state index contributed by atoms with van der Waals surface area (Å²) in [7, 11) is 1.23. The van der Waals surface area contributed by atoms with E-state index < -0.39 is 29.5 Å². The number of hydrogen-bond donors (Lipinski definition) is 0. The Bertz CT molecular complexity index is 1650. The lowest BCUT2D eigenvalue weighted by atomic mass is 9.76. The molecule has 9 heteroatoms. The van der Waals surface area contributed by atoms with Gasteiger partial charge in [0, 0.05) is 36.6 Å². The molecule has 0 N–H and O–H groups in total. The van der Waals surface area contributed by atoms with Gasteiger partial charge in [0.15, 0.2) is 11.5 Å². The van der Waals surface area contributed by atoms with Crippen molar-refractivity contribution in [2.75, 3.05) is 7.11 Å². The van der Waals surface area contributed by atoms with Crippen LogP contribution >= 0.6 is 0 Å². The van der Waals surface area contributed by atoms with E-state index in [-0.39, 0.29) is 23.5 Å². The Kier molecular flexibility index (Phi) is 6.59. The fraction of sp³-hybridized carbons (Fsp3) is 0.267. The van der Waals surface area contributed by atoms with Crippen molar-refractivity contribution in [3.63, 3.8) is 0 Å². The minimum atomic E-state index is -1.76. The third kappa shape index (κ3) is 4.29. The van der Waals surface area contributed by atoms with Crippen LogP contribution in [0.4, 0.5) is 0 Å². The zero-order chi connectivity index (χ0) is 27.9. The molecule has 0 saturated carbocycles. The summed E-state index contributed by atoms with van der Waals surface area (Å²) in [4.78, 5) is 51.0. The maximum Gasteiger partial charge on any atom is 0.355 e. The molecule has 200 valence electrons. The second-order valence-electron chi connectivity index (χ2n) is 9.41. The van der Waals surface area contributed by atoms with Gasteiger partial charge in [-0.3, -0.25) is 9.59 Å². The van der Waals surface area contributed by atoms with Gasteiger partial charge in [-0.05, 0) is 43.0 Å². The van der Waals surface area contributed by atoms with E-state index in [0.29, 0.717) is 51.3 Å². The van der Waals surface area contributed by atoms with Crippen molar-refractivity contribution in [1.82, 2.24) is 0 Å². The van der Waals surface area contributed by atoms with E-state index >= 15 is 0 Å². The lowest BCUT2D eigenvalue weighted by Gasteiger charge is -2.36. The Balaban J connectivity index is 1.84. The van der Waals surface area contributed by atoms with E-state index in [0.717, 1.165) is 0 Å². The molecule has 0 saturated heterocycles. The van der Waals surface area contributed by atoms with Crippen LogP contribution < -0.4 is 9.47 Å². The molecule has 0 radical (unpaired) electrons. The zero-order valence-corrected chi connectivity index (χ0v) is 21.9. The molecule has 1 aliphatic carbocycles. The minimum Gasteiger partial charge on any atom is -0.466 e. The number of benzene rings is 3. The molecular weight excluding hydrogens is 504 g/mol. The van der Waals surface area contributed by atoms with Gasteiger partial charge in [-0.15, -0.1) is 0 Å². The molecule has 0 aliphatic heterocycles. The average molecular weight is 531 g/mol. The van der Waals surface area contributed by atoms with E-state index in [1.54, 1.807) is 49.4 Å². The molecule has 0 bridgehead atoms. The first-order chi connectivity index (χ1) is 18.7. The lowest BCUT2D eigenvalue weighted by molar-refractivity contribution is -0.166. The van der Waals surface area contributed by atoms with Crippen molar-refractivity contribution in [3.8, 4) is 11.5 Å². The van der Waals surface area contributed by atoms with Crippen LogP contribution in [0.2, 0.25) is 0 Å². The summed E-state index contributed by atoms with van der Waals surface area (Å²) in [5, 5.41) is 1.49. The van der Waals surface area contributed by atoms with Gasteiger partial charge in [-0.1, -0.05) is 30.3 Å². The molecule has 1 aliphatic rings. The van der Waals surface area contributed by atoms with Gasteiger partial charge in [0.2, 0.25) is 5.60 Å². The number of hydrogen-bond acceptors (Lipinski definition) is 9. The average Bonchev–Trinajstić information content (AvgIpc) is 3.31. The molecule has 0 spiro atoms. The quantitative estimate of drug-likeness (QED) is 0.250. The molecule has 3 aromatic carbocycles. The second kappa shape index (κ2) is 9.90. The van der Waals surface area contributed by atoms with Crippen LogP contribution in [-0.2, 0) is 35.9 Å². The molecule has 1 heterocycles. The van der Waals surface area contributed by atoms with Crippen molar-refractivity contribution in [2.45, 2.75) is 45.6 Å². The SMILES string of the molecule is COC(=O)C1(OC(=O)c2ccccc2)CCCc2c1ccc1c2c(OC(C)=O)c(OC(C)=O)c2c(C)coc21. The van der Waals surface area contributed by atoms with Gasteiger partial charge in [0.25, 0.3) is 0 Å². The highest BCUT2D eigenvalue weighted by atomic mass is 16.6. The first-order valence-electron chi connectivity index (χ1n) is 12.4. The van der Waals surface area contributed by atoms with Crippen LogP contribution in [0.1, 0.15) is 53.7 Å². The molecule has 39 heavy (non-hydrogen) atoms. The zero-order valence-electron chi connectivity index (χ0n) is 21.9. The van der Waals surface area contributed by atoms with Crippen molar-refractivity contribution >= 4 is 45.6 Å². The van der Waals surface area contributed by atoms with E-state index in [1.165, 1.54) is 27.2 Å². The Morgan fingerprint density at radius 3 is 2.21 bits per heavy atom. The predicted molar refractivity (Wildman–Crippen MR) is 140 cm³/mol. The van der Waals surface area contributed by atoms with Gasteiger partial charge < -0.3 is 23.4 Å². The van der Waals surface area contributed by atoms with Crippen molar-refractivity contribution in [3.05, 3.63) is 71.0 Å². The molecule has 4 aromatic rings. The molecule has 0 fully saturated rings. The number of ether oxygens (including phenoxy) is 4. The summed E-state index contributed by atoms with van der Waals surface area (Å²) in [5.41, 5.74) is 0.599. The summed E-state index contributed by atoms with van der Waals surface area (Å²) < 4.78 is 28.3. The van der Waals surface area contributed by atoms with Gasteiger partial charge in [-0.25, -0.2) is 9.59 Å². The Labute approximate surface area is 223 Å². The van der Waals surface area contributed by atoms with Crippen LogP contribution in [0, 0.1) is 6.92 Å². The van der Waals surface area contributed by atoms with Crippen molar-refractivity contribution in [2.24, 2.45) is 0 Å². The summed E-state index contributed by atoms with van der Waals surface area (Å²) in [6, 6.07) is 11.8. The largest absolute Gasteiger partial charge is 0.466 e. The van der Waals surface area contributed by atoms with Crippen LogP contribution in [-0.4, -0.2) is 31.0 Å². The first-order valence-corrected chi connectivity index (χ1v) is 12.4. The number of aryl methyl sites for hydroxylation is 2. The summed E-state index contributed by atoms with van der Waals surface area (Å²) in [5.74, 6) is -2.61. The molecule has 0 amide bonds. The third-order valence-electron chi connectivity index (χ3n) is 6.87. The fourth-order valence-electron chi connectivity index (χ4n) is 5.33. The van der Waals surface area contributed by atoms with Gasteiger partial charge >= 0.3 is 23.9 Å². The van der Waals surface area contributed by atoms with Crippen LogP contribution in [0.3, 0.4) is 0 Å². The Morgan fingerprint density at radius 1 is 0.897 bits per heavy atom. The maximum absolute atomic E-state index is 13.4. The van der Waals surface area contributed by atoms with E-state index in [4.69, 9.17) is 23.4 Å². The molecule has 1 unspecified atom stereocenters. The van der Waals surface area contributed by atoms with Crippen LogP contribution in [0.25, 0.3) is 21.7 Å². The number of carbonyl (C=O) groups is 4. The second-order valence-corrected chi connectivity index (χ2v) is 9.41. The lowest BCUT2D eigenvalue weighted by Crippen LogP contribution is -2.44. The van der Waals surface area contributed by atoms with Crippen LogP contribution in [0.15, 0.2) is 53.1 Å². The summed E-state index contributed by atoms with van der Waals surface area (Å²) in [6.45, 7) is 4.27. The standard InChI is InChI=1S/C30H26O9/c1-16-15-36-25-21-12-13-22-20(24(21)27(38-18(3)32)26(23(16)25)37-17(2)31)11-8-14-30(22,29(34)35-4)39-28(33)19-9-6-5-7-10-19/h5-7,9-10,12-13,15H,8,11,14H2,1-4H3. The predicted octanol–water partition coefficient (Wildman–Crippen LogP) is 5.31. The number of methoxy groups -OCH3 is 1. The van der Waals surface area contributed by atoms with E-state index in [1.807, 2.05) is 0 Å². The van der Waals surface area contributed by atoms with Gasteiger partial charge in [0.1, 0.15) is 5.58 Å². The number of rotatable bonds is 5. The number of esters is 4. The number of furan rings is 1. The highest BCUT2D eigenvalue weighted by Gasteiger charge is 2.49. The topological polar surface area (TPSA) is 118 Å². The molecule has 9 nitrogen and oxygen atoms in total. The first kappa shape index (κ1) is 26.0. The highest BCUT2D eigenvalue weighted by Crippen LogP contribution is 2.51. The van der Waals surface area contributed by atoms with Gasteiger partial charge in [-0.2, -0.15) is 0 Å². The normalized spacial score (nSPS) is 16.4. The van der Waals surface area contributed by atoms with Crippen LogP contribution in [0.5, 0.6) is 11.5 Å². The van der Waals surface area contributed by atoms with Crippen molar-refractivity contribution in [1.29, 1.82) is 0 Å². The number of carbonyl (C=O) groups excluding carboxylic acids is 4. The maximum atomic E-state index is 13.4. The van der Waals surface area contributed by atoms with Crippen molar-refractivity contribution < 1.29 is 42.5 Å². The minimum absolute atomic E-state index is 0.0246. The summed E-state index contributed by atoms with van der Waals surface area (Å²) >= 11 is 0. The molecular formula is C30H26O9. The number of fused-ring (bicyclic) bond motifs is 5. The molecule has 5 rings (SSSR count). The monoisotopic (exact) mass is 530 g/mol. The Hall–Kier alpha value is -4.66. The summed E-state index contributed by atoms with van der Waals surface area (Å²) in [6.07, 6.45) is 2.60. The highest BCUT2D eigenvalue weighted by molar-refractivity contribution is 6.15. The third-order valence-corrected chi connectivity index (χ3v) is 6.87. The molecule has 1 aromatic heterocycles. The Morgan fingerprint density at radius 2 is 1.56 bits per heavy atom. The van der Waals surface area contributed by atoms with Gasteiger partial charge in [0.05, 0.1) is 24.3 Å². The van der Waals surface area contributed by atoms with E-state index in [9.17, 15) is 19.2 Å². The van der Waals surface area contributed by atoms with E-state index in [2.05, 4.69) is 0 Å². The smallest absolute Gasteiger partial charge is 0.355 e. The molecule has 1 atom stereocenters. The fourth-order valence-corrected chi connectivity index (χ4v) is 5.33.